The van der Waals surface area contributed by atoms with Gasteiger partial charge >= 0.3 is 5.97 Å². The summed E-state index contributed by atoms with van der Waals surface area (Å²) in [4.78, 5) is 22.5. The molecule has 1 rings (SSSR count). The van der Waals surface area contributed by atoms with Gasteiger partial charge in [0, 0.05) is 0 Å². The number of rotatable bonds is 4. The summed E-state index contributed by atoms with van der Waals surface area (Å²) in [5, 5.41) is 2.32. The van der Waals surface area contributed by atoms with Crippen LogP contribution in [0.2, 0.25) is 5.02 Å². The highest BCUT2D eigenvalue weighted by atomic mass is 35.5. The van der Waals surface area contributed by atoms with Crippen molar-refractivity contribution in [2.45, 2.75) is 6.92 Å². The van der Waals surface area contributed by atoms with E-state index < -0.39 is 17.7 Å². The second-order valence-corrected chi connectivity index (χ2v) is 3.52. The highest BCUT2D eigenvalue weighted by molar-refractivity contribution is 6.33. The lowest BCUT2D eigenvalue weighted by Crippen LogP contribution is -2.30. The zero-order chi connectivity index (χ0) is 12.8. The Morgan fingerprint density at radius 3 is 2.76 bits per heavy atom. The number of amides is 1. The standard InChI is InChI=1S/C11H11ClFNO3/c1-2-17-10(15)6-14-11(16)8-4-3-7(13)5-9(8)12/h3-5H,2,6H2,1H3,(H,14,16). The molecule has 1 amide bonds. The zero-order valence-corrected chi connectivity index (χ0v) is 9.88. The van der Waals surface area contributed by atoms with Gasteiger partial charge in [0.25, 0.3) is 5.91 Å². The molecule has 0 spiro atoms. The van der Waals surface area contributed by atoms with Gasteiger partial charge < -0.3 is 10.1 Å². The zero-order valence-electron chi connectivity index (χ0n) is 9.13. The smallest absolute Gasteiger partial charge is 0.325 e. The summed E-state index contributed by atoms with van der Waals surface area (Å²) in [6.45, 7) is 1.66. The van der Waals surface area contributed by atoms with Crippen molar-refractivity contribution in [3.8, 4) is 0 Å². The molecule has 92 valence electrons. The number of esters is 1. The fraction of sp³-hybridized carbons (Fsp3) is 0.273. The minimum Gasteiger partial charge on any atom is -0.465 e. The van der Waals surface area contributed by atoms with Crippen molar-refractivity contribution in [1.82, 2.24) is 5.32 Å². The average molecular weight is 260 g/mol. The number of benzene rings is 1. The maximum atomic E-state index is 12.7. The van der Waals surface area contributed by atoms with E-state index in [1.165, 1.54) is 6.07 Å². The average Bonchev–Trinajstić information content (AvgIpc) is 2.26. The van der Waals surface area contributed by atoms with Crippen molar-refractivity contribution < 1.29 is 18.7 Å². The Bertz CT molecular complexity index is 437. The third-order valence-corrected chi connectivity index (χ3v) is 2.19. The van der Waals surface area contributed by atoms with Gasteiger partial charge in [-0.1, -0.05) is 11.6 Å². The molecule has 0 saturated carbocycles. The molecule has 0 heterocycles. The molecule has 0 radical (unpaired) electrons. The number of ether oxygens (including phenoxy) is 1. The van der Waals surface area contributed by atoms with Gasteiger partial charge in [-0.25, -0.2) is 4.39 Å². The van der Waals surface area contributed by atoms with E-state index in [0.29, 0.717) is 0 Å². The molecule has 0 aliphatic heterocycles. The predicted octanol–water partition coefficient (Wildman–Crippen LogP) is 1.77. The van der Waals surface area contributed by atoms with Crippen molar-refractivity contribution in [2.24, 2.45) is 0 Å². The molecule has 4 nitrogen and oxygen atoms in total. The minimum absolute atomic E-state index is 0.00800. The lowest BCUT2D eigenvalue weighted by molar-refractivity contribution is -0.141. The largest absolute Gasteiger partial charge is 0.465 e. The molecule has 0 aliphatic rings. The molecule has 1 aromatic carbocycles. The van der Waals surface area contributed by atoms with Crippen LogP contribution in [0.4, 0.5) is 4.39 Å². The molecule has 6 heteroatoms. The Balaban J connectivity index is 2.61. The van der Waals surface area contributed by atoms with E-state index in [1.807, 2.05) is 0 Å². The van der Waals surface area contributed by atoms with Crippen LogP contribution in [0.5, 0.6) is 0 Å². The SMILES string of the molecule is CCOC(=O)CNC(=O)c1ccc(F)cc1Cl. The van der Waals surface area contributed by atoms with Crippen LogP contribution in [-0.4, -0.2) is 25.0 Å². The van der Waals surface area contributed by atoms with Gasteiger partial charge in [0.1, 0.15) is 12.4 Å². The second kappa shape index (κ2) is 6.20. The van der Waals surface area contributed by atoms with Gasteiger partial charge in [-0.15, -0.1) is 0 Å². The van der Waals surface area contributed by atoms with Crippen molar-refractivity contribution >= 4 is 23.5 Å². The molecule has 0 unspecified atom stereocenters. The monoisotopic (exact) mass is 259 g/mol. The van der Waals surface area contributed by atoms with Gasteiger partial charge in [-0.2, -0.15) is 0 Å². The van der Waals surface area contributed by atoms with E-state index in [0.717, 1.165) is 12.1 Å². The Morgan fingerprint density at radius 2 is 2.18 bits per heavy atom. The van der Waals surface area contributed by atoms with E-state index in [9.17, 15) is 14.0 Å². The van der Waals surface area contributed by atoms with Crippen molar-refractivity contribution in [3.63, 3.8) is 0 Å². The molecule has 0 aliphatic carbocycles. The van der Waals surface area contributed by atoms with Gasteiger partial charge in [-0.3, -0.25) is 9.59 Å². The first kappa shape index (κ1) is 13.4. The minimum atomic E-state index is -0.553. The summed E-state index contributed by atoms with van der Waals surface area (Å²) in [5.74, 6) is -1.63. The van der Waals surface area contributed by atoms with Crippen LogP contribution in [-0.2, 0) is 9.53 Å². The van der Waals surface area contributed by atoms with E-state index >= 15 is 0 Å². The second-order valence-electron chi connectivity index (χ2n) is 3.11. The van der Waals surface area contributed by atoms with Crippen LogP contribution in [0.15, 0.2) is 18.2 Å². The fourth-order valence-electron chi connectivity index (χ4n) is 1.13. The van der Waals surface area contributed by atoms with Crippen LogP contribution >= 0.6 is 11.6 Å². The molecule has 0 bridgehead atoms. The Hall–Kier alpha value is -1.62. The predicted molar refractivity (Wildman–Crippen MR) is 60.4 cm³/mol. The van der Waals surface area contributed by atoms with Crippen molar-refractivity contribution in [2.75, 3.05) is 13.2 Å². The highest BCUT2D eigenvalue weighted by Gasteiger charge is 2.12. The third kappa shape index (κ3) is 4.03. The Morgan fingerprint density at radius 1 is 1.47 bits per heavy atom. The lowest BCUT2D eigenvalue weighted by Gasteiger charge is -2.06. The van der Waals surface area contributed by atoms with Crippen LogP contribution in [0, 0.1) is 5.82 Å². The molecule has 1 aromatic rings. The molecule has 0 atom stereocenters. The van der Waals surface area contributed by atoms with E-state index in [4.69, 9.17) is 11.6 Å². The molecule has 1 N–H and O–H groups in total. The number of nitrogens with one attached hydrogen (secondary N) is 1. The van der Waals surface area contributed by atoms with E-state index in [-0.39, 0.29) is 23.7 Å². The molecule has 0 fully saturated rings. The summed E-state index contributed by atoms with van der Waals surface area (Å²) in [5.41, 5.74) is 0.109. The first-order chi connectivity index (χ1) is 8.04. The Kier molecular flexibility index (Phi) is 4.90. The van der Waals surface area contributed by atoms with Crippen molar-refractivity contribution in [1.29, 1.82) is 0 Å². The van der Waals surface area contributed by atoms with Gasteiger partial charge in [0.05, 0.1) is 17.2 Å². The molecule has 17 heavy (non-hydrogen) atoms. The fourth-order valence-corrected chi connectivity index (χ4v) is 1.39. The van der Waals surface area contributed by atoms with Gasteiger partial charge in [0.2, 0.25) is 0 Å². The number of carbonyl (C=O) groups excluding carboxylic acids is 2. The van der Waals surface area contributed by atoms with Crippen molar-refractivity contribution in [3.05, 3.63) is 34.6 Å². The summed E-state index contributed by atoms with van der Waals surface area (Å²) in [6.07, 6.45) is 0. The van der Waals surface area contributed by atoms with Crippen LogP contribution in [0.3, 0.4) is 0 Å². The normalized spacial score (nSPS) is 9.82. The third-order valence-electron chi connectivity index (χ3n) is 1.87. The molecule has 0 aromatic heterocycles. The highest BCUT2D eigenvalue weighted by Crippen LogP contribution is 2.16. The summed E-state index contributed by atoms with van der Waals surface area (Å²) in [7, 11) is 0. The number of carbonyl (C=O) groups is 2. The number of halogens is 2. The summed E-state index contributed by atoms with van der Waals surface area (Å²) in [6, 6.07) is 3.39. The molecular weight excluding hydrogens is 249 g/mol. The number of hydrogen-bond acceptors (Lipinski definition) is 3. The quantitative estimate of drug-likeness (QED) is 0.839. The first-order valence-electron chi connectivity index (χ1n) is 4.93. The Labute approximate surface area is 103 Å². The maximum Gasteiger partial charge on any atom is 0.325 e. The maximum absolute atomic E-state index is 12.7. The number of hydrogen-bond donors (Lipinski definition) is 1. The van der Waals surface area contributed by atoms with Crippen LogP contribution < -0.4 is 5.32 Å². The van der Waals surface area contributed by atoms with E-state index in [2.05, 4.69) is 10.1 Å². The molecule has 0 saturated heterocycles. The lowest BCUT2D eigenvalue weighted by atomic mass is 10.2. The van der Waals surface area contributed by atoms with Crippen LogP contribution in [0.25, 0.3) is 0 Å². The van der Waals surface area contributed by atoms with Gasteiger partial charge in [0.15, 0.2) is 0 Å². The summed E-state index contributed by atoms with van der Waals surface area (Å²) >= 11 is 5.68. The van der Waals surface area contributed by atoms with Gasteiger partial charge in [-0.05, 0) is 25.1 Å². The first-order valence-corrected chi connectivity index (χ1v) is 5.31. The van der Waals surface area contributed by atoms with Crippen LogP contribution in [0.1, 0.15) is 17.3 Å². The topological polar surface area (TPSA) is 55.4 Å². The summed E-state index contributed by atoms with van der Waals surface area (Å²) < 4.78 is 17.4. The molecular formula is C11H11ClFNO3. The van der Waals surface area contributed by atoms with E-state index in [1.54, 1.807) is 6.92 Å².